The van der Waals surface area contributed by atoms with Crippen LogP contribution in [0.25, 0.3) is 11.1 Å². The van der Waals surface area contributed by atoms with E-state index < -0.39 is 5.76 Å². The Morgan fingerprint density at radius 1 is 1.23 bits per heavy atom. The third-order valence-corrected chi connectivity index (χ3v) is 5.71. The number of para-hydroxylation sites is 2. The van der Waals surface area contributed by atoms with E-state index in [4.69, 9.17) is 9.15 Å². The second kappa shape index (κ2) is 9.34. The van der Waals surface area contributed by atoms with Crippen LogP contribution in [0.15, 0.2) is 51.7 Å². The number of piperidine rings is 1. The average Bonchev–Trinajstić information content (AvgIpc) is 3.09. The van der Waals surface area contributed by atoms with E-state index in [9.17, 15) is 14.0 Å². The molecule has 1 N–H and O–H groups in total. The highest BCUT2D eigenvalue weighted by Crippen LogP contribution is 2.20. The predicted molar refractivity (Wildman–Crippen MR) is 114 cm³/mol. The van der Waals surface area contributed by atoms with Crippen LogP contribution in [0.2, 0.25) is 0 Å². The maximum atomic E-state index is 13.9. The number of oxazole rings is 1. The molecule has 0 bridgehead atoms. The van der Waals surface area contributed by atoms with Crippen molar-refractivity contribution in [2.45, 2.75) is 38.4 Å². The molecule has 0 spiro atoms. The first kappa shape index (κ1) is 21.1. The van der Waals surface area contributed by atoms with Gasteiger partial charge in [0.2, 0.25) is 5.91 Å². The number of rotatable bonds is 7. The Morgan fingerprint density at radius 3 is 2.74 bits per heavy atom. The summed E-state index contributed by atoms with van der Waals surface area (Å²) in [4.78, 5) is 26.7. The number of benzene rings is 2. The summed E-state index contributed by atoms with van der Waals surface area (Å²) in [5, 5.41) is 3.07. The van der Waals surface area contributed by atoms with Crippen molar-refractivity contribution < 1.29 is 18.3 Å². The summed E-state index contributed by atoms with van der Waals surface area (Å²) in [6.45, 7) is 2.59. The standard InChI is InChI=1S/C23H26FN3O4/c1-30-20-7-6-16(14-18(20)24)15-26-11-8-17(9-12-26)25-22(28)10-13-27-19-4-2-3-5-21(19)31-23(27)29/h2-7,14,17H,8-13,15H2,1H3,(H,25,28). The first-order valence-electron chi connectivity index (χ1n) is 10.5. The fourth-order valence-electron chi connectivity index (χ4n) is 4.04. The van der Waals surface area contributed by atoms with Crippen molar-refractivity contribution in [3.63, 3.8) is 0 Å². The molecule has 1 aliphatic heterocycles. The molecule has 164 valence electrons. The van der Waals surface area contributed by atoms with E-state index in [2.05, 4.69) is 10.2 Å². The number of nitrogens with one attached hydrogen (secondary N) is 1. The SMILES string of the molecule is COc1ccc(CN2CCC(NC(=O)CCn3c(=O)oc4ccccc43)CC2)cc1F. The first-order chi connectivity index (χ1) is 15.0. The van der Waals surface area contributed by atoms with Crippen molar-refractivity contribution in [2.75, 3.05) is 20.2 Å². The largest absolute Gasteiger partial charge is 0.494 e. The molecule has 31 heavy (non-hydrogen) atoms. The fraction of sp³-hybridized carbons (Fsp3) is 0.391. The van der Waals surface area contributed by atoms with Crippen LogP contribution in [-0.2, 0) is 17.9 Å². The van der Waals surface area contributed by atoms with Crippen LogP contribution >= 0.6 is 0 Å². The average molecular weight is 427 g/mol. The lowest BCUT2D eigenvalue weighted by Crippen LogP contribution is -2.44. The van der Waals surface area contributed by atoms with Crippen molar-refractivity contribution in [2.24, 2.45) is 0 Å². The van der Waals surface area contributed by atoms with Crippen LogP contribution in [-0.4, -0.2) is 41.6 Å². The zero-order valence-electron chi connectivity index (χ0n) is 17.5. The van der Waals surface area contributed by atoms with Gasteiger partial charge in [-0.3, -0.25) is 14.3 Å². The van der Waals surface area contributed by atoms with E-state index in [1.807, 2.05) is 18.2 Å². The summed E-state index contributed by atoms with van der Waals surface area (Å²) in [5.74, 6) is -0.632. The lowest BCUT2D eigenvalue weighted by molar-refractivity contribution is -0.122. The number of ether oxygens (including phenoxy) is 1. The maximum Gasteiger partial charge on any atom is 0.419 e. The van der Waals surface area contributed by atoms with Crippen LogP contribution in [0.5, 0.6) is 5.75 Å². The molecule has 1 aliphatic rings. The summed E-state index contributed by atoms with van der Waals surface area (Å²) >= 11 is 0. The number of fused-ring (bicyclic) bond motifs is 1. The summed E-state index contributed by atoms with van der Waals surface area (Å²) in [5.41, 5.74) is 2.12. The Bertz CT molecular complexity index is 1120. The highest BCUT2D eigenvalue weighted by Gasteiger charge is 2.21. The van der Waals surface area contributed by atoms with Crippen LogP contribution in [0.3, 0.4) is 0 Å². The molecule has 1 aromatic heterocycles. The highest BCUT2D eigenvalue weighted by atomic mass is 19.1. The van der Waals surface area contributed by atoms with Gasteiger partial charge < -0.3 is 14.5 Å². The Hall–Kier alpha value is -3.13. The molecule has 8 heteroatoms. The minimum absolute atomic E-state index is 0.0761. The molecule has 1 amide bonds. The lowest BCUT2D eigenvalue weighted by atomic mass is 10.0. The number of amides is 1. The van der Waals surface area contributed by atoms with Crippen molar-refractivity contribution >= 4 is 17.0 Å². The maximum absolute atomic E-state index is 13.9. The molecule has 7 nitrogen and oxygen atoms in total. The van der Waals surface area contributed by atoms with Crippen molar-refractivity contribution in [1.29, 1.82) is 0 Å². The third kappa shape index (κ3) is 4.96. The second-order valence-corrected chi connectivity index (χ2v) is 7.82. The molecule has 1 fully saturated rings. The molecular formula is C23H26FN3O4. The topological polar surface area (TPSA) is 76.7 Å². The molecule has 0 atom stereocenters. The van der Waals surface area contributed by atoms with Gasteiger partial charge in [0.1, 0.15) is 0 Å². The molecule has 3 aromatic rings. The van der Waals surface area contributed by atoms with Gasteiger partial charge in [-0.15, -0.1) is 0 Å². The van der Waals surface area contributed by atoms with Crippen LogP contribution in [0, 0.1) is 5.82 Å². The molecule has 0 unspecified atom stereocenters. The molecule has 0 aliphatic carbocycles. The number of carbonyl (C=O) groups excluding carboxylic acids is 1. The molecular weight excluding hydrogens is 401 g/mol. The summed E-state index contributed by atoms with van der Waals surface area (Å²) in [7, 11) is 1.45. The zero-order valence-corrected chi connectivity index (χ0v) is 17.5. The fourth-order valence-corrected chi connectivity index (χ4v) is 4.04. The normalized spacial score (nSPS) is 15.3. The monoisotopic (exact) mass is 427 g/mol. The van der Waals surface area contributed by atoms with E-state index in [1.54, 1.807) is 18.2 Å². The summed E-state index contributed by atoms with van der Waals surface area (Å²) < 4.78 is 25.5. The number of likely N-dealkylation sites (tertiary alicyclic amines) is 1. The lowest BCUT2D eigenvalue weighted by Gasteiger charge is -2.32. The molecule has 2 aromatic carbocycles. The van der Waals surface area contributed by atoms with Crippen molar-refractivity contribution in [3.05, 3.63) is 64.4 Å². The number of hydrogen-bond acceptors (Lipinski definition) is 5. The Balaban J connectivity index is 1.24. The van der Waals surface area contributed by atoms with E-state index in [0.717, 1.165) is 31.5 Å². The Labute approximate surface area is 179 Å². The zero-order chi connectivity index (χ0) is 21.8. The molecule has 2 heterocycles. The summed E-state index contributed by atoms with van der Waals surface area (Å²) in [6, 6.07) is 12.3. The number of aryl methyl sites for hydroxylation is 1. The van der Waals surface area contributed by atoms with Gasteiger partial charge in [-0.1, -0.05) is 18.2 Å². The number of aromatic nitrogens is 1. The smallest absolute Gasteiger partial charge is 0.419 e. The number of carbonyl (C=O) groups is 1. The second-order valence-electron chi connectivity index (χ2n) is 7.82. The van der Waals surface area contributed by atoms with Gasteiger partial charge in [0, 0.05) is 38.6 Å². The molecule has 0 saturated carbocycles. The van der Waals surface area contributed by atoms with Crippen LogP contribution in [0.1, 0.15) is 24.8 Å². The van der Waals surface area contributed by atoms with Crippen LogP contribution in [0.4, 0.5) is 4.39 Å². The minimum atomic E-state index is -0.447. The quantitative estimate of drug-likeness (QED) is 0.628. The van der Waals surface area contributed by atoms with Crippen molar-refractivity contribution in [1.82, 2.24) is 14.8 Å². The number of methoxy groups -OCH3 is 1. The van der Waals surface area contributed by atoms with E-state index in [1.165, 1.54) is 17.7 Å². The van der Waals surface area contributed by atoms with Crippen LogP contribution < -0.4 is 15.8 Å². The molecule has 4 rings (SSSR count). The molecule has 1 saturated heterocycles. The number of nitrogens with zero attached hydrogens (tertiary/aromatic N) is 2. The van der Waals surface area contributed by atoms with Gasteiger partial charge in [0.05, 0.1) is 12.6 Å². The van der Waals surface area contributed by atoms with E-state index >= 15 is 0 Å². The first-order valence-corrected chi connectivity index (χ1v) is 10.5. The highest BCUT2D eigenvalue weighted by molar-refractivity contribution is 5.77. The predicted octanol–water partition coefficient (Wildman–Crippen LogP) is 2.91. The van der Waals surface area contributed by atoms with Gasteiger partial charge in [-0.2, -0.15) is 0 Å². The van der Waals surface area contributed by atoms with Gasteiger partial charge in [-0.05, 0) is 42.7 Å². The number of halogens is 1. The summed E-state index contributed by atoms with van der Waals surface area (Å²) in [6.07, 6.45) is 1.88. The Morgan fingerprint density at radius 2 is 2.00 bits per heavy atom. The van der Waals surface area contributed by atoms with Gasteiger partial charge in [0.15, 0.2) is 17.1 Å². The van der Waals surface area contributed by atoms with E-state index in [-0.39, 0.29) is 36.5 Å². The van der Waals surface area contributed by atoms with Gasteiger partial charge in [-0.25, -0.2) is 9.18 Å². The number of hydrogen-bond donors (Lipinski definition) is 1. The van der Waals surface area contributed by atoms with Crippen molar-refractivity contribution in [3.8, 4) is 5.75 Å². The van der Waals surface area contributed by atoms with Gasteiger partial charge in [0.25, 0.3) is 0 Å². The third-order valence-electron chi connectivity index (χ3n) is 5.71. The van der Waals surface area contributed by atoms with Gasteiger partial charge >= 0.3 is 5.76 Å². The van der Waals surface area contributed by atoms with E-state index in [0.29, 0.717) is 17.6 Å². The minimum Gasteiger partial charge on any atom is -0.494 e. The molecule has 0 radical (unpaired) electrons. The Kier molecular flexibility index (Phi) is 6.36.